The number of hydrogen-bond donors (Lipinski definition) is 2. The molecule has 0 atom stereocenters. The molecule has 1 fully saturated rings. The number of rotatable bonds is 5. The van der Waals surface area contributed by atoms with Crippen LogP contribution in [0.25, 0.3) is 11.3 Å². The molecule has 0 aliphatic carbocycles. The average molecular weight is 424 g/mol. The van der Waals surface area contributed by atoms with Gasteiger partial charge >= 0.3 is 0 Å². The fourth-order valence-corrected chi connectivity index (χ4v) is 3.33. The normalized spacial score (nSPS) is 12.7. The molecule has 0 radical (unpaired) electrons. The third kappa shape index (κ3) is 5.39. The molecule has 3 heterocycles. The highest BCUT2D eigenvalue weighted by molar-refractivity contribution is 5.95. The molecule has 9 heteroatoms. The second-order valence-corrected chi connectivity index (χ2v) is 6.99. The quantitative estimate of drug-likeness (QED) is 0.608. The smallest absolute Gasteiger partial charge is 0.290 e. The zero-order valence-electron chi connectivity index (χ0n) is 17.2. The van der Waals surface area contributed by atoms with Crippen LogP contribution in [-0.4, -0.2) is 50.9 Å². The first kappa shape index (κ1) is 21.8. The van der Waals surface area contributed by atoms with Gasteiger partial charge in [0.05, 0.1) is 6.54 Å². The molecule has 1 aromatic carbocycles. The average Bonchev–Trinajstić information content (AvgIpc) is 3.54. The van der Waals surface area contributed by atoms with Crippen LogP contribution in [0.15, 0.2) is 53.2 Å². The van der Waals surface area contributed by atoms with E-state index in [-0.39, 0.29) is 18.3 Å². The molecule has 3 aromatic rings. The van der Waals surface area contributed by atoms with Crippen LogP contribution in [-0.2, 0) is 18.4 Å². The second kappa shape index (κ2) is 10.2. The van der Waals surface area contributed by atoms with Gasteiger partial charge in [0.25, 0.3) is 18.3 Å². The van der Waals surface area contributed by atoms with Gasteiger partial charge in [-0.05, 0) is 37.1 Å². The molecule has 1 saturated heterocycles. The number of carbonyl (C=O) groups excluding carboxylic acids is 2. The highest BCUT2D eigenvalue weighted by Crippen LogP contribution is 2.24. The van der Waals surface area contributed by atoms with E-state index in [9.17, 15) is 9.59 Å². The van der Waals surface area contributed by atoms with Crippen molar-refractivity contribution in [3.63, 3.8) is 0 Å². The number of hydrogen-bond acceptors (Lipinski definition) is 5. The molecule has 0 saturated carbocycles. The van der Waals surface area contributed by atoms with Crippen molar-refractivity contribution in [1.82, 2.24) is 19.8 Å². The zero-order valence-corrected chi connectivity index (χ0v) is 17.2. The summed E-state index contributed by atoms with van der Waals surface area (Å²) < 4.78 is 7.64. The van der Waals surface area contributed by atoms with Crippen LogP contribution < -0.4 is 5.32 Å². The van der Waals surface area contributed by atoms with E-state index in [4.69, 9.17) is 14.3 Å². The Balaban J connectivity index is 0.000000858. The van der Waals surface area contributed by atoms with Crippen molar-refractivity contribution in [1.29, 1.82) is 0 Å². The Morgan fingerprint density at radius 3 is 2.65 bits per heavy atom. The number of nitrogens with zero attached hydrogens (tertiary/aromatic N) is 3. The minimum atomic E-state index is -0.250. The van der Waals surface area contributed by atoms with E-state index in [0.29, 0.717) is 23.6 Å². The van der Waals surface area contributed by atoms with Gasteiger partial charge in [-0.3, -0.25) is 14.4 Å². The molecular weight excluding hydrogens is 400 g/mol. The van der Waals surface area contributed by atoms with Crippen LogP contribution in [0.4, 0.5) is 0 Å². The summed E-state index contributed by atoms with van der Waals surface area (Å²) in [5, 5.41) is 9.76. The molecule has 2 amide bonds. The molecule has 1 aliphatic heterocycles. The number of aryl methyl sites for hydroxylation is 1. The summed E-state index contributed by atoms with van der Waals surface area (Å²) >= 11 is 0. The van der Waals surface area contributed by atoms with Gasteiger partial charge in [-0.15, -0.1) is 0 Å². The fraction of sp³-hybridized carbons (Fsp3) is 0.273. The molecule has 31 heavy (non-hydrogen) atoms. The van der Waals surface area contributed by atoms with Gasteiger partial charge in [0, 0.05) is 43.7 Å². The number of imidazole rings is 1. The minimum Gasteiger partial charge on any atom is -0.483 e. The summed E-state index contributed by atoms with van der Waals surface area (Å²) in [5.41, 5.74) is 1.28. The third-order valence-electron chi connectivity index (χ3n) is 4.95. The maximum Gasteiger partial charge on any atom is 0.290 e. The lowest BCUT2D eigenvalue weighted by atomic mass is 10.1. The lowest BCUT2D eigenvalue weighted by Crippen LogP contribution is -2.27. The SMILES string of the molecule is Cn1ccnc1CNC(=O)c1cccc(-c2ccc(C(=O)N3CCCC3)o2)c1.O=CO. The summed E-state index contributed by atoms with van der Waals surface area (Å²) in [6.07, 6.45) is 5.60. The maximum atomic E-state index is 12.5. The molecule has 162 valence electrons. The van der Waals surface area contributed by atoms with Crippen molar-refractivity contribution in [2.45, 2.75) is 19.4 Å². The van der Waals surface area contributed by atoms with Crippen molar-refractivity contribution in [2.24, 2.45) is 7.05 Å². The second-order valence-electron chi connectivity index (χ2n) is 6.99. The van der Waals surface area contributed by atoms with Gasteiger partial charge in [-0.2, -0.15) is 0 Å². The van der Waals surface area contributed by atoms with Crippen molar-refractivity contribution < 1.29 is 23.9 Å². The fourth-order valence-electron chi connectivity index (χ4n) is 3.33. The minimum absolute atomic E-state index is 0.0762. The molecule has 0 unspecified atom stereocenters. The Labute approximate surface area is 179 Å². The summed E-state index contributed by atoms with van der Waals surface area (Å²) in [6.45, 7) is 1.66. The Morgan fingerprint density at radius 2 is 1.97 bits per heavy atom. The molecule has 2 N–H and O–H groups in total. The highest BCUT2D eigenvalue weighted by Gasteiger charge is 2.22. The van der Waals surface area contributed by atoms with Gasteiger partial charge in [-0.1, -0.05) is 12.1 Å². The van der Waals surface area contributed by atoms with Crippen LogP contribution in [0.3, 0.4) is 0 Å². The zero-order chi connectivity index (χ0) is 22.2. The Bertz CT molecular complexity index is 1050. The summed E-state index contributed by atoms with van der Waals surface area (Å²) in [4.78, 5) is 39.3. The summed E-state index contributed by atoms with van der Waals surface area (Å²) in [6, 6.07) is 10.6. The number of aromatic nitrogens is 2. The number of likely N-dealkylation sites (tertiary alicyclic amines) is 1. The summed E-state index contributed by atoms with van der Waals surface area (Å²) in [5.74, 6) is 1.42. The monoisotopic (exact) mass is 424 g/mol. The first-order valence-electron chi connectivity index (χ1n) is 9.85. The lowest BCUT2D eigenvalue weighted by Gasteiger charge is -2.12. The van der Waals surface area contributed by atoms with Gasteiger partial charge < -0.3 is 24.3 Å². The molecular formula is C22H24N4O5. The first-order chi connectivity index (χ1) is 15.0. The third-order valence-corrected chi connectivity index (χ3v) is 4.95. The van der Waals surface area contributed by atoms with E-state index in [1.807, 2.05) is 28.8 Å². The van der Waals surface area contributed by atoms with Crippen molar-refractivity contribution in [3.05, 3.63) is 65.9 Å². The topological polar surface area (TPSA) is 118 Å². The van der Waals surface area contributed by atoms with Gasteiger partial charge in [0.1, 0.15) is 11.6 Å². The highest BCUT2D eigenvalue weighted by atomic mass is 16.4. The van der Waals surface area contributed by atoms with Crippen molar-refractivity contribution in [3.8, 4) is 11.3 Å². The predicted octanol–water partition coefficient (Wildman–Crippen LogP) is 2.55. The maximum absolute atomic E-state index is 12.5. The largest absolute Gasteiger partial charge is 0.483 e. The van der Waals surface area contributed by atoms with Gasteiger partial charge in [0.2, 0.25) is 0 Å². The van der Waals surface area contributed by atoms with E-state index in [1.54, 1.807) is 36.5 Å². The molecule has 2 aromatic heterocycles. The summed E-state index contributed by atoms with van der Waals surface area (Å²) in [7, 11) is 1.88. The van der Waals surface area contributed by atoms with Crippen molar-refractivity contribution >= 4 is 18.3 Å². The van der Waals surface area contributed by atoms with E-state index < -0.39 is 0 Å². The Morgan fingerprint density at radius 1 is 1.23 bits per heavy atom. The first-order valence-corrected chi connectivity index (χ1v) is 9.85. The van der Waals surface area contributed by atoms with Crippen molar-refractivity contribution in [2.75, 3.05) is 13.1 Å². The van der Waals surface area contributed by atoms with Crippen LogP contribution in [0.1, 0.15) is 39.6 Å². The number of carboxylic acid groups (broad SMARTS) is 1. The number of benzene rings is 1. The predicted molar refractivity (Wildman–Crippen MR) is 112 cm³/mol. The number of nitrogens with one attached hydrogen (secondary N) is 1. The molecule has 1 aliphatic rings. The lowest BCUT2D eigenvalue weighted by molar-refractivity contribution is -0.122. The number of carbonyl (C=O) groups is 3. The van der Waals surface area contributed by atoms with Gasteiger partial charge in [-0.25, -0.2) is 4.98 Å². The van der Waals surface area contributed by atoms with Gasteiger partial charge in [0.15, 0.2) is 5.76 Å². The molecule has 0 bridgehead atoms. The molecule has 0 spiro atoms. The van der Waals surface area contributed by atoms with E-state index >= 15 is 0 Å². The Hall–Kier alpha value is -3.88. The van der Waals surface area contributed by atoms with Crippen LogP contribution in [0.5, 0.6) is 0 Å². The van der Waals surface area contributed by atoms with Crippen LogP contribution >= 0.6 is 0 Å². The Kier molecular flexibility index (Phi) is 7.21. The number of amides is 2. The molecule has 9 nitrogen and oxygen atoms in total. The standard InChI is InChI=1S/C21H22N4O3.CH2O2/c1-24-12-9-22-19(24)14-23-20(26)16-6-4-5-15(13-16)17-7-8-18(28-17)21(27)25-10-2-3-11-25;2-1-3/h4-9,12-13H,2-3,10-11,14H2,1H3,(H,23,26);1H,(H,2,3). The van der Waals surface area contributed by atoms with Crippen LogP contribution in [0, 0.1) is 0 Å². The molecule has 4 rings (SSSR count). The van der Waals surface area contributed by atoms with E-state index in [2.05, 4.69) is 10.3 Å². The van der Waals surface area contributed by atoms with Crippen LogP contribution in [0.2, 0.25) is 0 Å². The van der Waals surface area contributed by atoms with E-state index in [1.165, 1.54) is 0 Å². The van der Waals surface area contributed by atoms with E-state index in [0.717, 1.165) is 37.3 Å². The number of furan rings is 1.